The van der Waals surface area contributed by atoms with E-state index < -0.39 is 0 Å². The van der Waals surface area contributed by atoms with E-state index >= 15 is 0 Å². The summed E-state index contributed by atoms with van der Waals surface area (Å²) >= 11 is 0. The number of aromatic nitrogens is 3. The van der Waals surface area contributed by atoms with Crippen molar-refractivity contribution >= 4 is 0 Å². The van der Waals surface area contributed by atoms with Gasteiger partial charge in [-0.3, -0.25) is 0 Å². The lowest BCUT2D eigenvalue weighted by Gasteiger charge is -2.17. The van der Waals surface area contributed by atoms with Crippen molar-refractivity contribution in [3.8, 4) is 6.07 Å². The Morgan fingerprint density at radius 2 is 2.25 bits per heavy atom. The van der Waals surface area contributed by atoms with Crippen molar-refractivity contribution in [3.05, 3.63) is 12.2 Å². The van der Waals surface area contributed by atoms with Gasteiger partial charge in [-0.05, 0) is 5.41 Å². The van der Waals surface area contributed by atoms with Crippen LogP contribution in [0.4, 0.5) is 0 Å². The second-order valence-electron chi connectivity index (χ2n) is 3.91. The zero-order valence-corrected chi connectivity index (χ0v) is 7.57. The Bertz CT molecular complexity index is 300. The van der Waals surface area contributed by atoms with Gasteiger partial charge < -0.3 is 0 Å². The van der Waals surface area contributed by atoms with Crippen molar-refractivity contribution in [1.29, 1.82) is 5.26 Å². The summed E-state index contributed by atoms with van der Waals surface area (Å²) < 4.78 is 1.62. The summed E-state index contributed by atoms with van der Waals surface area (Å²) in [7, 11) is 0. The molecule has 0 aromatic carbocycles. The molecule has 1 aromatic heterocycles. The molecule has 1 heterocycles. The van der Waals surface area contributed by atoms with Gasteiger partial charge in [0.25, 0.3) is 0 Å². The molecule has 0 aliphatic heterocycles. The van der Waals surface area contributed by atoms with Gasteiger partial charge in [-0.1, -0.05) is 20.8 Å². The fraction of sp³-hybridized carbons (Fsp3) is 0.625. The number of nitrogens with zero attached hydrogens (tertiary/aromatic N) is 4. The molecule has 0 spiro atoms. The molecule has 0 aliphatic rings. The summed E-state index contributed by atoms with van der Waals surface area (Å²) in [5.41, 5.74) is 0.124. The van der Waals surface area contributed by atoms with E-state index in [-0.39, 0.29) is 5.41 Å². The number of hydrogen-bond donors (Lipinski definition) is 0. The van der Waals surface area contributed by atoms with Crippen LogP contribution in [-0.2, 0) is 6.54 Å². The van der Waals surface area contributed by atoms with Gasteiger partial charge in [0.15, 0.2) is 0 Å². The van der Waals surface area contributed by atoms with E-state index in [1.54, 1.807) is 4.68 Å². The molecule has 0 bridgehead atoms. The Kier molecular flexibility index (Phi) is 2.13. The van der Waals surface area contributed by atoms with Gasteiger partial charge in [0.1, 0.15) is 12.4 Å². The summed E-state index contributed by atoms with van der Waals surface area (Å²) in [4.78, 5) is 3.81. The Morgan fingerprint density at radius 1 is 1.58 bits per heavy atom. The highest BCUT2D eigenvalue weighted by Gasteiger charge is 2.14. The molecule has 1 aromatic rings. The summed E-state index contributed by atoms with van der Waals surface area (Å²) in [6.07, 6.45) is 1.41. The lowest BCUT2D eigenvalue weighted by Crippen LogP contribution is -2.17. The number of hydrogen-bond acceptors (Lipinski definition) is 3. The highest BCUT2D eigenvalue weighted by atomic mass is 15.3. The van der Waals surface area contributed by atoms with E-state index in [4.69, 9.17) is 5.26 Å². The molecule has 0 atom stereocenters. The van der Waals surface area contributed by atoms with Crippen LogP contribution in [-0.4, -0.2) is 14.8 Å². The summed E-state index contributed by atoms with van der Waals surface area (Å²) in [6.45, 7) is 7.00. The lowest BCUT2D eigenvalue weighted by atomic mass is 9.97. The molecule has 12 heavy (non-hydrogen) atoms. The predicted octanol–water partition coefficient (Wildman–Crippen LogP) is 1.20. The van der Waals surface area contributed by atoms with Gasteiger partial charge in [-0.25, -0.2) is 9.67 Å². The first-order valence-corrected chi connectivity index (χ1v) is 3.81. The standard InChI is InChI=1S/C8H12N4/c1-8(2,3)5-12-7(4-9)10-6-11-12/h6H,5H2,1-3H3. The van der Waals surface area contributed by atoms with Crippen LogP contribution in [0.2, 0.25) is 0 Å². The molecule has 64 valence electrons. The first kappa shape index (κ1) is 8.72. The molecule has 0 N–H and O–H groups in total. The maximum atomic E-state index is 8.63. The fourth-order valence-corrected chi connectivity index (χ4v) is 0.916. The molecule has 0 saturated heterocycles. The van der Waals surface area contributed by atoms with Gasteiger partial charge in [0.2, 0.25) is 5.82 Å². The smallest absolute Gasteiger partial charge is 0.230 e. The zero-order valence-electron chi connectivity index (χ0n) is 7.57. The van der Waals surface area contributed by atoms with Crippen LogP contribution >= 0.6 is 0 Å². The SMILES string of the molecule is CC(C)(C)Cn1ncnc1C#N. The average Bonchev–Trinajstić information content (AvgIpc) is 2.31. The van der Waals surface area contributed by atoms with E-state index in [9.17, 15) is 0 Å². The second kappa shape index (κ2) is 2.94. The van der Waals surface area contributed by atoms with Crippen LogP contribution in [0.25, 0.3) is 0 Å². The summed E-state index contributed by atoms with van der Waals surface area (Å²) in [5.74, 6) is 0.380. The molecule has 0 fully saturated rings. The Balaban J connectivity index is 2.84. The van der Waals surface area contributed by atoms with Gasteiger partial charge in [-0.2, -0.15) is 10.4 Å². The minimum absolute atomic E-state index is 0.124. The van der Waals surface area contributed by atoms with Crippen LogP contribution in [0.1, 0.15) is 26.6 Å². The van der Waals surface area contributed by atoms with Crippen molar-refractivity contribution in [1.82, 2.24) is 14.8 Å². The van der Waals surface area contributed by atoms with E-state index in [0.717, 1.165) is 6.54 Å². The molecular weight excluding hydrogens is 152 g/mol. The molecule has 4 heteroatoms. The maximum Gasteiger partial charge on any atom is 0.230 e. The first-order chi connectivity index (χ1) is 5.53. The molecule has 0 saturated carbocycles. The molecule has 0 aliphatic carbocycles. The number of nitriles is 1. The minimum Gasteiger partial charge on any atom is -0.237 e. The monoisotopic (exact) mass is 164 g/mol. The number of rotatable bonds is 1. The van der Waals surface area contributed by atoms with E-state index in [1.165, 1.54) is 6.33 Å². The van der Waals surface area contributed by atoms with Gasteiger partial charge >= 0.3 is 0 Å². The van der Waals surface area contributed by atoms with Gasteiger partial charge in [-0.15, -0.1) is 0 Å². The van der Waals surface area contributed by atoms with Crippen LogP contribution in [0, 0.1) is 16.7 Å². The van der Waals surface area contributed by atoms with Crippen molar-refractivity contribution in [2.24, 2.45) is 5.41 Å². The Hall–Kier alpha value is -1.37. The molecule has 1 rings (SSSR count). The van der Waals surface area contributed by atoms with E-state index in [0.29, 0.717) is 5.82 Å². The third-order valence-electron chi connectivity index (χ3n) is 1.34. The van der Waals surface area contributed by atoms with Crippen molar-refractivity contribution in [2.45, 2.75) is 27.3 Å². The van der Waals surface area contributed by atoms with Crippen molar-refractivity contribution in [3.63, 3.8) is 0 Å². The maximum absolute atomic E-state index is 8.63. The topological polar surface area (TPSA) is 54.5 Å². The summed E-state index contributed by atoms with van der Waals surface area (Å²) in [5, 5.41) is 12.6. The van der Waals surface area contributed by atoms with Gasteiger partial charge in [0.05, 0.1) is 0 Å². The Labute approximate surface area is 71.8 Å². The molecule has 0 amide bonds. The molecule has 0 radical (unpaired) electrons. The lowest BCUT2D eigenvalue weighted by molar-refractivity contribution is 0.323. The molecule has 4 nitrogen and oxygen atoms in total. The quantitative estimate of drug-likeness (QED) is 0.626. The van der Waals surface area contributed by atoms with Crippen LogP contribution in [0.5, 0.6) is 0 Å². The second-order valence-corrected chi connectivity index (χ2v) is 3.91. The molecular formula is C8H12N4. The minimum atomic E-state index is 0.124. The zero-order chi connectivity index (χ0) is 9.19. The third kappa shape index (κ3) is 2.06. The van der Waals surface area contributed by atoms with E-state index in [2.05, 4.69) is 30.9 Å². The highest BCUT2D eigenvalue weighted by Crippen LogP contribution is 2.15. The van der Waals surface area contributed by atoms with Crippen molar-refractivity contribution in [2.75, 3.05) is 0 Å². The predicted molar refractivity (Wildman–Crippen MR) is 44.2 cm³/mol. The van der Waals surface area contributed by atoms with E-state index in [1.807, 2.05) is 6.07 Å². The first-order valence-electron chi connectivity index (χ1n) is 3.81. The summed E-state index contributed by atoms with van der Waals surface area (Å²) in [6, 6.07) is 1.99. The molecule has 0 unspecified atom stereocenters. The fourth-order valence-electron chi connectivity index (χ4n) is 0.916. The van der Waals surface area contributed by atoms with Crippen LogP contribution in [0.15, 0.2) is 6.33 Å². The van der Waals surface area contributed by atoms with Crippen LogP contribution < -0.4 is 0 Å². The largest absolute Gasteiger partial charge is 0.237 e. The van der Waals surface area contributed by atoms with Gasteiger partial charge in [0, 0.05) is 6.54 Å². The van der Waals surface area contributed by atoms with Crippen LogP contribution in [0.3, 0.4) is 0 Å². The van der Waals surface area contributed by atoms with Crippen molar-refractivity contribution < 1.29 is 0 Å². The third-order valence-corrected chi connectivity index (χ3v) is 1.34. The highest BCUT2D eigenvalue weighted by molar-refractivity contribution is 5.07. The Morgan fingerprint density at radius 3 is 2.75 bits per heavy atom. The normalized spacial score (nSPS) is 11.2. The average molecular weight is 164 g/mol.